The highest BCUT2D eigenvalue weighted by molar-refractivity contribution is 7.89. The standard InChI is InChI=1S/C25H28F3N5O4S/c1-16-23(17(2)37-30-16)38(35,36)32-11-7-18(8-12-32)24(34)31-9-4-10-33-21(15-31)14-22(29-33)19-5-3-6-20(13-19)25(26,27)28/h3,5-6,13-14,18H,4,7-12,15H2,1-2H3. The van der Waals surface area contributed by atoms with Gasteiger partial charge in [0.05, 0.1) is 23.5 Å². The first kappa shape index (κ1) is 26.4. The van der Waals surface area contributed by atoms with Crippen molar-refractivity contribution in [3.05, 3.63) is 53.0 Å². The molecule has 38 heavy (non-hydrogen) atoms. The van der Waals surface area contributed by atoms with Gasteiger partial charge in [0.15, 0.2) is 5.76 Å². The highest BCUT2D eigenvalue weighted by atomic mass is 32.2. The number of hydrogen-bond acceptors (Lipinski definition) is 6. The van der Waals surface area contributed by atoms with Crippen LogP contribution < -0.4 is 0 Å². The number of amides is 1. The van der Waals surface area contributed by atoms with Crippen LogP contribution in [0.3, 0.4) is 0 Å². The number of alkyl halides is 3. The molecule has 5 rings (SSSR count). The van der Waals surface area contributed by atoms with Crippen LogP contribution in [0.4, 0.5) is 13.2 Å². The van der Waals surface area contributed by atoms with E-state index in [-0.39, 0.29) is 35.6 Å². The summed E-state index contributed by atoms with van der Waals surface area (Å²) in [5.41, 5.74) is 1.12. The summed E-state index contributed by atoms with van der Waals surface area (Å²) < 4.78 is 73.9. The van der Waals surface area contributed by atoms with Gasteiger partial charge < -0.3 is 9.42 Å². The van der Waals surface area contributed by atoms with Crippen molar-refractivity contribution in [2.75, 3.05) is 19.6 Å². The van der Waals surface area contributed by atoms with Gasteiger partial charge >= 0.3 is 6.18 Å². The molecule has 1 fully saturated rings. The predicted octanol–water partition coefficient (Wildman–Crippen LogP) is 4.01. The average Bonchev–Trinajstić information content (AvgIpc) is 3.38. The zero-order chi connectivity index (χ0) is 27.2. The summed E-state index contributed by atoms with van der Waals surface area (Å²) in [5, 5.41) is 8.26. The minimum absolute atomic E-state index is 0.0466. The Morgan fingerprint density at radius 1 is 1.08 bits per heavy atom. The lowest BCUT2D eigenvalue weighted by molar-refractivity contribution is -0.138. The Kier molecular flexibility index (Phi) is 6.84. The molecule has 9 nitrogen and oxygen atoms in total. The summed E-state index contributed by atoms with van der Waals surface area (Å²) in [6.07, 6.45) is -3.00. The molecule has 2 aliphatic heterocycles. The van der Waals surface area contributed by atoms with Crippen molar-refractivity contribution in [3.63, 3.8) is 0 Å². The van der Waals surface area contributed by atoms with Crippen molar-refractivity contribution in [1.29, 1.82) is 0 Å². The van der Waals surface area contributed by atoms with Crippen LogP contribution in [0.15, 0.2) is 39.8 Å². The molecule has 2 aliphatic rings. The van der Waals surface area contributed by atoms with E-state index in [0.29, 0.717) is 55.8 Å². The molecular formula is C25H28F3N5O4S. The number of hydrogen-bond donors (Lipinski definition) is 0. The molecule has 1 saturated heterocycles. The van der Waals surface area contributed by atoms with Gasteiger partial charge in [-0.15, -0.1) is 0 Å². The molecule has 13 heteroatoms. The number of fused-ring (bicyclic) bond motifs is 1. The van der Waals surface area contributed by atoms with Gasteiger partial charge in [0.1, 0.15) is 10.6 Å². The molecule has 4 heterocycles. The fraction of sp³-hybridized carbons (Fsp3) is 0.480. The second-order valence-electron chi connectivity index (χ2n) is 9.77. The van der Waals surface area contributed by atoms with E-state index >= 15 is 0 Å². The maximum absolute atomic E-state index is 13.4. The summed E-state index contributed by atoms with van der Waals surface area (Å²) >= 11 is 0. The average molecular weight is 552 g/mol. The van der Waals surface area contributed by atoms with Crippen molar-refractivity contribution < 1.29 is 30.9 Å². The number of sulfonamides is 1. The first-order valence-corrected chi connectivity index (χ1v) is 13.9. The van der Waals surface area contributed by atoms with Crippen molar-refractivity contribution in [1.82, 2.24) is 24.1 Å². The first-order valence-electron chi connectivity index (χ1n) is 12.4. The molecule has 3 aromatic rings. The summed E-state index contributed by atoms with van der Waals surface area (Å²) in [6.45, 7) is 4.95. The predicted molar refractivity (Wildman–Crippen MR) is 130 cm³/mol. The Labute approximate surface area is 218 Å². The molecule has 0 atom stereocenters. The number of aromatic nitrogens is 3. The maximum Gasteiger partial charge on any atom is 0.416 e. The lowest BCUT2D eigenvalue weighted by Crippen LogP contribution is -2.44. The van der Waals surface area contributed by atoms with Gasteiger partial charge in [0, 0.05) is 37.7 Å². The number of piperidine rings is 1. The molecule has 1 amide bonds. The number of carbonyl (C=O) groups is 1. The molecule has 0 aliphatic carbocycles. The molecule has 0 bridgehead atoms. The van der Waals surface area contributed by atoms with Gasteiger partial charge in [-0.1, -0.05) is 17.3 Å². The molecule has 1 aromatic carbocycles. The van der Waals surface area contributed by atoms with E-state index in [1.807, 2.05) is 0 Å². The van der Waals surface area contributed by atoms with Crippen LogP contribution in [0.2, 0.25) is 0 Å². The maximum atomic E-state index is 13.4. The summed E-state index contributed by atoms with van der Waals surface area (Å²) in [4.78, 5) is 15.3. The molecule has 0 N–H and O–H groups in total. The fourth-order valence-electron chi connectivity index (χ4n) is 5.22. The molecule has 204 valence electrons. The second-order valence-corrected chi connectivity index (χ2v) is 11.6. The lowest BCUT2D eigenvalue weighted by Gasteiger charge is -2.33. The highest BCUT2D eigenvalue weighted by Crippen LogP contribution is 2.33. The Morgan fingerprint density at radius 3 is 2.47 bits per heavy atom. The monoisotopic (exact) mass is 551 g/mol. The largest absolute Gasteiger partial charge is 0.416 e. The van der Waals surface area contributed by atoms with Crippen LogP contribution in [-0.4, -0.2) is 58.1 Å². The highest BCUT2D eigenvalue weighted by Gasteiger charge is 2.37. The molecule has 0 spiro atoms. The van der Waals surface area contributed by atoms with E-state index < -0.39 is 21.8 Å². The summed E-state index contributed by atoms with van der Waals surface area (Å²) in [6, 6.07) is 6.78. The van der Waals surface area contributed by atoms with E-state index in [0.717, 1.165) is 17.8 Å². The van der Waals surface area contributed by atoms with Gasteiger partial charge in [-0.05, 0) is 51.3 Å². The second kappa shape index (κ2) is 9.84. The zero-order valence-corrected chi connectivity index (χ0v) is 21.8. The normalized spacial score (nSPS) is 17.9. The molecular weight excluding hydrogens is 523 g/mol. The van der Waals surface area contributed by atoms with Crippen molar-refractivity contribution >= 4 is 15.9 Å². The fourth-order valence-corrected chi connectivity index (χ4v) is 6.98. The lowest BCUT2D eigenvalue weighted by atomic mass is 9.96. The molecule has 2 aromatic heterocycles. The van der Waals surface area contributed by atoms with Crippen LogP contribution in [0, 0.1) is 19.8 Å². The van der Waals surface area contributed by atoms with Crippen LogP contribution in [0.25, 0.3) is 11.3 Å². The number of halogens is 3. The zero-order valence-electron chi connectivity index (χ0n) is 21.0. The number of benzene rings is 1. The van der Waals surface area contributed by atoms with E-state index in [9.17, 15) is 26.4 Å². The number of aryl methyl sites for hydroxylation is 3. The summed E-state index contributed by atoms with van der Waals surface area (Å²) in [7, 11) is -3.77. The van der Waals surface area contributed by atoms with Crippen molar-refractivity contribution in [3.8, 4) is 11.3 Å². The Hall–Kier alpha value is -3.19. The van der Waals surface area contributed by atoms with E-state index in [2.05, 4.69) is 10.3 Å². The molecule has 0 radical (unpaired) electrons. The van der Waals surface area contributed by atoms with Crippen LogP contribution in [0.5, 0.6) is 0 Å². The van der Waals surface area contributed by atoms with Crippen LogP contribution in [0.1, 0.15) is 42.0 Å². The van der Waals surface area contributed by atoms with E-state index in [4.69, 9.17) is 4.52 Å². The number of carbonyl (C=O) groups excluding carboxylic acids is 1. The van der Waals surface area contributed by atoms with Crippen LogP contribution in [-0.2, 0) is 34.1 Å². The number of rotatable bonds is 4. The minimum atomic E-state index is -4.45. The van der Waals surface area contributed by atoms with E-state index in [1.165, 1.54) is 10.4 Å². The SMILES string of the molecule is Cc1noc(C)c1S(=O)(=O)N1CCC(C(=O)N2CCCn3nc(-c4cccc(C(F)(F)F)c4)cc3C2)CC1. The van der Waals surface area contributed by atoms with Gasteiger partial charge in [-0.2, -0.15) is 22.6 Å². The smallest absolute Gasteiger partial charge is 0.360 e. The first-order chi connectivity index (χ1) is 17.9. The third kappa shape index (κ3) is 4.96. The summed E-state index contributed by atoms with van der Waals surface area (Å²) in [5.74, 6) is -0.121. The third-order valence-corrected chi connectivity index (χ3v) is 9.32. The number of nitrogens with zero attached hydrogens (tertiary/aromatic N) is 5. The molecule has 0 saturated carbocycles. The Morgan fingerprint density at radius 2 is 1.82 bits per heavy atom. The van der Waals surface area contributed by atoms with Gasteiger partial charge in [0.2, 0.25) is 15.9 Å². The van der Waals surface area contributed by atoms with Gasteiger partial charge in [-0.3, -0.25) is 9.48 Å². The van der Waals surface area contributed by atoms with E-state index in [1.54, 1.807) is 35.6 Å². The molecule has 0 unspecified atom stereocenters. The van der Waals surface area contributed by atoms with Crippen molar-refractivity contribution in [2.24, 2.45) is 5.92 Å². The van der Waals surface area contributed by atoms with Gasteiger partial charge in [-0.25, -0.2) is 8.42 Å². The Balaban J connectivity index is 1.27. The quantitative estimate of drug-likeness (QED) is 0.486. The van der Waals surface area contributed by atoms with Gasteiger partial charge in [0.25, 0.3) is 0 Å². The van der Waals surface area contributed by atoms with Crippen LogP contribution >= 0.6 is 0 Å². The minimum Gasteiger partial charge on any atom is -0.360 e. The topological polar surface area (TPSA) is 102 Å². The van der Waals surface area contributed by atoms with Crippen molar-refractivity contribution in [2.45, 2.75) is 57.3 Å². The Bertz CT molecular complexity index is 1440. The third-order valence-electron chi connectivity index (χ3n) is 7.18.